The largest absolute Gasteiger partial charge is 0.468 e. The maximum atomic E-state index is 5.85. The van der Waals surface area contributed by atoms with Gasteiger partial charge in [-0.25, -0.2) is 0 Å². The Morgan fingerprint density at radius 2 is 2.18 bits per heavy atom. The van der Waals surface area contributed by atoms with Crippen LogP contribution in [-0.2, 0) is 6.54 Å². The molecule has 1 atom stereocenters. The first-order valence-electron chi connectivity index (χ1n) is 6.70. The molecule has 0 spiro atoms. The van der Waals surface area contributed by atoms with Crippen LogP contribution in [0.15, 0.2) is 22.8 Å². The molecular formula is C14H26N2O. The molecule has 1 heterocycles. The molecule has 0 radical (unpaired) electrons. The second-order valence-corrected chi connectivity index (χ2v) is 4.73. The highest BCUT2D eigenvalue weighted by molar-refractivity contribution is 4.98. The standard InChI is InChI=1S/C14H26N2O/c1-3-4-5-6-8-13(11-15)16(2)12-14-9-7-10-17-14/h7,9-10,13H,3-6,8,11-12,15H2,1-2H3. The SMILES string of the molecule is CCCCCCC(CN)N(C)Cc1ccco1. The lowest BCUT2D eigenvalue weighted by Gasteiger charge is -2.26. The van der Waals surface area contributed by atoms with Crippen LogP contribution in [0.3, 0.4) is 0 Å². The van der Waals surface area contributed by atoms with Crippen LogP contribution >= 0.6 is 0 Å². The van der Waals surface area contributed by atoms with Crippen LogP contribution in [0.4, 0.5) is 0 Å². The smallest absolute Gasteiger partial charge is 0.117 e. The van der Waals surface area contributed by atoms with Crippen molar-refractivity contribution in [3.05, 3.63) is 24.2 Å². The molecular weight excluding hydrogens is 212 g/mol. The third kappa shape index (κ3) is 5.37. The van der Waals surface area contributed by atoms with Crippen molar-refractivity contribution in [1.82, 2.24) is 4.90 Å². The minimum absolute atomic E-state index is 0.469. The summed E-state index contributed by atoms with van der Waals surface area (Å²) >= 11 is 0. The highest BCUT2D eigenvalue weighted by Gasteiger charge is 2.13. The summed E-state index contributed by atoms with van der Waals surface area (Å²) in [4.78, 5) is 2.30. The van der Waals surface area contributed by atoms with E-state index in [0.29, 0.717) is 6.04 Å². The van der Waals surface area contributed by atoms with E-state index in [1.54, 1.807) is 6.26 Å². The second kappa shape index (κ2) is 8.31. The van der Waals surface area contributed by atoms with Crippen LogP contribution < -0.4 is 5.73 Å². The summed E-state index contributed by atoms with van der Waals surface area (Å²) in [5.41, 5.74) is 5.85. The summed E-state index contributed by atoms with van der Waals surface area (Å²) in [6.07, 6.45) is 8.13. The Bertz CT molecular complexity index is 272. The summed E-state index contributed by atoms with van der Waals surface area (Å²) in [5.74, 6) is 1.01. The van der Waals surface area contributed by atoms with Crippen molar-refractivity contribution in [2.75, 3.05) is 13.6 Å². The van der Waals surface area contributed by atoms with Crippen molar-refractivity contribution in [2.45, 2.75) is 51.6 Å². The fourth-order valence-electron chi connectivity index (χ4n) is 2.10. The highest BCUT2D eigenvalue weighted by atomic mass is 16.3. The number of furan rings is 1. The molecule has 0 bridgehead atoms. The number of unbranched alkanes of at least 4 members (excludes halogenated alkanes) is 3. The third-order valence-corrected chi connectivity index (χ3v) is 3.27. The Kier molecular flexibility index (Phi) is 6.97. The summed E-state index contributed by atoms with van der Waals surface area (Å²) < 4.78 is 5.36. The molecule has 1 rings (SSSR count). The molecule has 17 heavy (non-hydrogen) atoms. The first-order chi connectivity index (χ1) is 8.27. The van der Waals surface area contributed by atoms with Crippen molar-refractivity contribution >= 4 is 0 Å². The number of hydrogen-bond acceptors (Lipinski definition) is 3. The Morgan fingerprint density at radius 3 is 2.76 bits per heavy atom. The van der Waals surface area contributed by atoms with Crippen molar-refractivity contribution in [1.29, 1.82) is 0 Å². The molecule has 0 aliphatic carbocycles. The maximum absolute atomic E-state index is 5.85. The maximum Gasteiger partial charge on any atom is 0.117 e. The average molecular weight is 238 g/mol. The van der Waals surface area contributed by atoms with E-state index in [-0.39, 0.29) is 0 Å². The monoisotopic (exact) mass is 238 g/mol. The van der Waals surface area contributed by atoms with Crippen LogP contribution in [0.2, 0.25) is 0 Å². The summed E-state index contributed by atoms with van der Waals surface area (Å²) in [6.45, 7) is 3.81. The van der Waals surface area contributed by atoms with Gasteiger partial charge in [-0.3, -0.25) is 4.90 Å². The summed E-state index contributed by atoms with van der Waals surface area (Å²) in [6, 6.07) is 4.42. The molecule has 0 aliphatic rings. The molecule has 0 saturated carbocycles. The van der Waals surface area contributed by atoms with Gasteiger partial charge < -0.3 is 10.2 Å². The summed E-state index contributed by atoms with van der Waals surface area (Å²) in [5, 5.41) is 0. The molecule has 0 aromatic carbocycles. The van der Waals surface area contributed by atoms with Crippen LogP contribution in [-0.4, -0.2) is 24.5 Å². The van der Waals surface area contributed by atoms with Crippen LogP contribution in [0.5, 0.6) is 0 Å². The number of nitrogens with two attached hydrogens (primary N) is 1. The average Bonchev–Trinajstić information content (AvgIpc) is 2.82. The topological polar surface area (TPSA) is 42.4 Å². The lowest BCUT2D eigenvalue weighted by Crippen LogP contribution is -2.37. The Hall–Kier alpha value is -0.800. The number of rotatable bonds is 9. The zero-order valence-corrected chi connectivity index (χ0v) is 11.2. The number of likely N-dealkylation sites (N-methyl/N-ethyl adjacent to an activating group) is 1. The van der Waals surface area contributed by atoms with E-state index in [1.165, 1.54) is 32.1 Å². The van der Waals surface area contributed by atoms with Crippen molar-refractivity contribution in [3.8, 4) is 0 Å². The molecule has 3 heteroatoms. The molecule has 0 fully saturated rings. The highest BCUT2D eigenvalue weighted by Crippen LogP contribution is 2.12. The predicted octanol–water partition coefficient (Wildman–Crippen LogP) is 3.01. The van der Waals surface area contributed by atoms with Crippen LogP contribution in [0.1, 0.15) is 44.8 Å². The van der Waals surface area contributed by atoms with E-state index in [9.17, 15) is 0 Å². The van der Waals surface area contributed by atoms with Gasteiger partial charge in [0.05, 0.1) is 12.8 Å². The number of nitrogens with zero attached hydrogens (tertiary/aromatic N) is 1. The van der Waals surface area contributed by atoms with Gasteiger partial charge in [0.2, 0.25) is 0 Å². The summed E-state index contributed by atoms with van der Waals surface area (Å²) in [7, 11) is 2.12. The van der Waals surface area contributed by atoms with Gasteiger partial charge in [-0.2, -0.15) is 0 Å². The minimum atomic E-state index is 0.469. The van der Waals surface area contributed by atoms with E-state index < -0.39 is 0 Å². The molecule has 0 saturated heterocycles. The molecule has 98 valence electrons. The Morgan fingerprint density at radius 1 is 1.35 bits per heavy atom. The van der Waals surface area contributed by atoms with Crippen LogP contribution in [0.25, 0.3) is 0 Å². The van der Waals surface area contributed by atoms with Gasteiger partial charge in [-0.15, -0.1) is 0 Å². The Labute approximate surface area is 105 Å². The molecule has 1 unspecified atom stereocenters. The molecule has 2 N–H and O–H groups in total. The van der Waals surface area contributed by atoms with Gasteiger partial charge in [0.15, 0.2) is 0 Å². The fourth-order valence-corrected chi connectivity index (χ4v) is 2.10. The van der Waals surface area contributed by atoms with Crippen molar-refractivity contribution < 1.29 is 4.42 Å². The zero-order valence-electron chi connectivity index (χ0n) is 11.2. The number of hydrogen-bond donors (Lipinski definition) is 1. The lowest BCUT2D eigenvalue weighted by atomic mass is 10.1. The first kappa shape index (κ1) is 14.3. The molecule has 3 nitrogen and oxygen atoms in total. The van der Waals surface area contributed by atoms with E-state index in [1.807, 2.05) is 12.1 Å². The van der Waals surface area contributed by atoms with Gasteiger partial charge >= 0.3 is 0 Å². The van der Waals surface area contributed by atoms with Crippen molar-refractivity contribution in [2.24, 2.45) is 5.73 Å². The van der Waals surface area contributed by atoms with Gasteiger partial charge in [-0.1, -0.05) is 32.6 Å². The zero-order chi connectivity index (χ0) is 12.5. The molecule has 1 aromatic rings. The minimum Gasteiger partial charge on any atom is -0.468 e. The molecule has 0 amide bonds. The van der Waals surface area contributed by atoms with E-state index in [4.69, 9.17) is 10.2 Å². The first-order valence-corrected chi connectivity index (χ1v) is 6.70. The normalized spacial score (nSPS) is 13.2. The van der Waals surface area contributed by atoms with E-state index in [2.05, 4.69) is 18.9 Å². The lowest BCUT2D eigenvalue weighted by molar-refractivity contribution is 0.207. The molecule has 0 aliphatic heterocycles. The quantitative estimate of drug-likeness (QED) is 0.672. The second-order valence-electron chi connectivity index (χ2n) is 4.73. The third-order valence-electron chi connectivity index (χ3n) is 3.27. The fraction of sp³-hybridized carbons (Fsp3) is 0.714. The predicted molar refractivity (Wildman–Crippen MR) is 71.8 cm³/mol. The van der Waals surface area contributed by atoms with Gasteiger partial charge in [0, 0.05) is 12.6 Å². The van der Waals surface area contributed by atoms with Crippen LogP contribution in [0, 0.1) is 0 Å². The Balaban J connectivity index is 2.28. The van der Waals surface area contributed by atoms with E-state index in [0.717, 1.165) is 18.8 Å². The van der Waals surface area contributed by atoms with E-state index >= 15 is 0 Å². The van der Waals surface area contributed by atoms with Gasteiger partial charge in [0.25, 0.3) is 0 Å². The van der Waals surface area contributed by atoms with Crippen molar-refractivity contribution in [3.63, 3.8) is 0 Å². The molecule has 1 aromatic heterocycles. The van der Waals surface area contributed by atoms with Gasteiger partial charge in [0.1, 0.15) is 5.76 Å². The van der Waals surface area contributed by atoms with Gasteiger partial charge in [-0.05, 0) is 25.6 Å².